The summed E-state index contributed by atoms with van der Waals surface area (Å²) >= 11 is 0. The van der Waals surface area contributed by atoms with Crippen molar-refractivity contribution in [3.05, 3.63) is 23.3 Å². The van der Waals surface area contributed by atoms with Crippen LogP contribution >= 0.6 is 0 Å². The normalized spacial score (nSPS) is 25.4. The van der Waals surface area contributed by atoms with Crippen LogP contribution in [-0.4, -0.2) is 22.1 Å². The number of oxime groups is 1. The highest BCUT2D eigenvalue weighted by Gasteiger charge is 2.29. The van der Waals surface area contributed by atoms with Gasteiger partial charge in [0.05, 0.1) is 11.8 Å². The molecule has 1 unspecified atom stereocenters. The molecule has 0 fully saturated rings. The number of allylic oxidation sites excluding steroid dienone is 3. The fourth-order valence-electron chi connectivity index (χ4n) is 2.13. The molecule has 0 saturated carbocycles. The number of rotatable bonds is 2. The molecule has 0 aromatic carbocycles. The van der Waals surface area contributed by atoms with Gasteiger partial charge in [-0.15, -0.1) is 0 Å². The SMILES string of the molecule is CC1=C(/C=C/C(C)O)C(C)(C)CC/C1=N\O. The molecular formula is C13H21NO2. The Morgan fingerprint density at radius 2 is 2.06 bits per heavy atom. The van der Waals surface area contributed by atoms with Gasteiger partial charge in [-0.25, -0.2) is 0 Å². The van der Waals surface area contributed by atoms with E-state index in [1.807, 2.05) is 13.0 Å². The molecule has 0 aromatic rings. The Kier molecular flexibility index (Phi) is 3.92. The van der Waals surface area contributed by atoms with Gasteiger partial charge in [-0.05, 0) is 43.3 Å². The van der Waals surface area contributed by atoms with E-state index in [1.54, 1.807) is 13.0 Å². The first kappa shape index (κ1) is 13.0. The van der Waals surface area contributed by atoms with Gasteiger partial charge in [0.2, 0.25) is 0 Å². The van der Waals surface area contributed by atoms with Gasteiger partial charge < -0.3 is 10.3 Å². The summed E-state index contributed by atoms with van der Waals surface area (Å²) in [6, 6.07) is 0. The van der Waals surface area contributed by atoms with Crippen molar-refractivity contribution < 1.29 is 10.3 Å². The third-order valence-corrected chi connectivity index (χ3v) is 3.21. The van der Waals surface area contributed by atoms with Gasteiger partial charge in [-0.1, -0.05) is 31.2 Å². The van der Waals surface area contributed by atoms with Gasteiger partial charge in [0.15, 0.2) is 0 Å². The van der Waals surface area contributed by atoms with Crippen molar-refractivity contribution in [3.63, 3.8) is 0 Å². The molecule has 1 atom stereocenters. The van der Waals surface area contributed by atoms with E-state index < -0.39 is 6.10 Å². The molecule has 90 valence electrons. The summed E-state index contributed by atoms with van der Waals surface area (Å²) in [6.45, 7) is 8.04. The van der Waals surface area contributed by atoms with Crippen LogP contribution in [0.1, 0.15) is 40.5 Å². The Hall–Kier alpha value is -1.09. The van der Waals surface area contributed by atoms with E-state index in [2.05, 4.69) is 19.0 Å². The third kappa shape index (κ3) is 2.73. The lowest BCUT2D eigenvalue weighted by atomic mass is 9.72. The molecule has 0 aromatic heterocycles. The molecule has 16 heavy (non-hydrogen) atoms. The Morgan fingerprint density at radius 1 is 1.44 bits per heavy atom. The van der Waals surface area contributed by atoms with E-state index in [4.69, 9.17) is 5.21 Å². The molecule has 3 heteroatoms. The van der Waals surface area contributed by atoms with Crippen LogP contribution in [-0.2, 0) is 0 Å². The van der Waals surface area contributed by atoms with E-state index in [0.717, 1.165) is 29.7 Å². The summed E-state index contributed by atoms with van der Waals surface area (Å²) in [5.41, 5.74) is 3.00. The molecule has 0 amide bonds. The summed E-state index contributed by atoms with van der Waals surface area (Å²) in [5, 5.41) is 21.5. The van der Waals surface area contributed by atoms with Crippen molar-refractivity contribution >= 4 is 5.71 Å². The van der Waals surface area contributed by atoms with Crippen LogP contribution in [0.5, 0.6) is 0 Å². The summed E-state index contributed by atoms with van der Waals surface area (Å²) in [4.78, 5) is 0. The van der Waals surface area contributed by atoms with E-state index in [0.29, 0.717) is 0 Å². The first-order valence-electron chi connectivity index (χ1n) is 5.67. The second-order valence-corrected chi connectivity index (χ2v) is 5.07. The Bertz CT molecular complexity index is 349. The molecule has 0 bridgehead atoms. The van der Waals surface area contributed by atoms with E-state index in [9.17, 15) is 5.11 Å². The van der Waals surface area contributed by atoms with Crippen LogP contribution in [0.25, 0.3) is 0 Å². The minimum Gasteiger partial charge on any atom is -0.411 e. The second-order valence-electron chi connectivity index (χ2n) is 5.07. The highest BCUT2D eigenvalue weighted by molar-refractivity contribution is 6.01. The van der Waals surface area contributed by atoms with Crippen LogP contribution in [0.15, 0.2) is 28.5 Å². The predicted molar refractivity (Wildman–Crippen MR) is 65.8 cm³/mol. The van der Waals surface area contributed by atoms with Crippen molar-refractivity contribution in [2.75, 3.05) is 0 Å². The van der Waals surface area contributed by atoms with Crippen LogP contribution < -0.4 is 0 Å². The Labute approximate surface area is 97.2 Å². The minimum atomic E-state index is -0.451. The Balaban J connectivity index is 3.14. The topological polar surface area (TPSA) is 52.8 Å². The van der Waals surface area contributed by atoms with Gasteiger partial charge in [-0.3, -0.25) is 0 Å². The average molecular weight is 223 g/mol. The third-order valence-electron chi connectivity index (χ3n) is 3.21. The van der Waals surface area contributed by atoms with Gasteiger partial charge in [0, 0.05) is 0 Å². The number of hydrogen-bond acceptors (Lipinski definition) is 3. The van der Waals surface area contributed by atoms with Crippen LogP contribution in [0.3, 0.4) is 0 Å². The van der Waals surface area contributed by atoms with Gasteiger partial charge in [0.1, 0.15) is 0 Å². The maximum absolute atomic E-state index is 9.27. The first-order chi connectivity index (χ1) is 7.38. The summed E-state index contributed by atoms with van der Waals surface area (Å²) < 4.78 is 0. The predicted octanol–water partition coefficient (Wildman–Crippen LogP) is 2.89. The maximum atomic E-state index is 9.27. The molecule has 0 saturated heterocycles. The van der Waals surface area contributed by atoms with Gasteiger partial charge in [-0.2, -0.15) is 0 Å². The molecule has 0 spiro atoms. The lowest BCUT2D eigenvalue weighted by Crippen LogP contribution is -2.24. The highest BCUT2D eigenvalue weighted by Crippen LogP contribution is 2.39. The van der Waals surface area contributed by atoms with Crippen molar-refractivity contribution in [1.82, 2.24) is 0 Å². The summed E-state index contributed by atoms with van der Waals surface area (Å²) in [6.07, 6.45) is 5.03. The first-order valence-corrected chi connectivity index (χ1v) is 5.67. The van der Waals surface area contributed by atoms with Crippen LogP contribution in [0, 0.1) is 5.41 Å². The summed E-state index contributed by atoms with van der Waals surface area (Å²) in [7, 11) is 0. The largest absolute Gasteiger partial charge is 0.411 e. The van der Waals surface area contributed by atoms with Gasteiger partial charge in [0.25, 0.3) is 0 Å². The van der Waals surface area contributed by atoms with Crippen LogP contribution in [0.2, 0.25) is 0 Å². The molecule has 0 heterocycles. The molecule has 1 aliphatic rings. The number of aliphatic hydroxyl groups is 1. The standard InChI is InChI=1S/C13H21NO2/c1-9(15)5-6-11-10(2)12(14-16)7-8-13(11,3)4/h5-6,9,15-16H,7-8H2,1-4H3/b6-5+,14-12+. The average Bonchev–Trinajstić information content (AvgIpc) is 2.16. The van der Waals surface area contributed by atoms with Crippen molar-refractivity contribution in [2.24, 2.45) is 10.6 Å². The van der Waals surface area contributed by atoms with E-state index >= 15 is 0 Å². The fourth-order valence-corrected chi connectivity index (χ4v) is 2.13. The minimum absolute atomic E-state index is 0.0731. The van der Waals surface area contributed by atoms with Crippen molar-refractivity contribution in [2.45, 2.75) is 46.6 Å². The zero-order valence-electron chi connectivity index (χ0n) is 10.5. The van der Waals surface area contributed by atoms with Crippen molar-refractivity contribution in [3.8, 4) is 0 Å². The second kappa shape index (κ2) is 4.83. The number of hydrogen-bond donors (Lipinski definition) is 2. The fraction of sp³-hybridized carbons (Fsp3) is 0.615. The molecular weight excluding hydrogens is 202 g/mol. The lowest BCUT2D eigenvalue weighted by Gasteiger charge is -2.33. The summed E-state index contributed by atoms with van der Waals surface area (Å²) in [5.74, 6) is 0. The molecule has 1 aliphatic carbocycles. The quantitative estimate of drug-likeness (QED) is 0.558. The Morgan fingerprint density at radius 3 is 2.56 bits per heavy atom. The zero-order valence-corrected chi connectivity index (χ0v) is 10.5. The van der Waals surface area contributed by atoms with Crippen molar-refractivity contribution in [1.29, 1.82) is 0 Å². The lowest BCUT2D eigenvalue weighted by molar-refractivity contribution is 0.244. The van der Waals surface area contributed by atoms with E-state index in [-0.39, 0.29) is 5.41 Å². The molecule has 3 nitrogen and oxygen atoms in total. The monoisotopic (exact) mass is 223 g/mol. The van der Waals surface area contributed by atoms with E-state index in [1.165, 1.54) is 0 Å². The molecule has 1 rings (SSSR count). The van der Waals surface area contributed by atoms with Gasteiger partial charge >= 0.3 is 0 Å². The van der Waals surface area contributed by atoms with Crippen LogP contribution in [0.4, 0.5) is 0 Å². The molecule has 2 N–H and O–H groups in total. The molecule has 0 aliphatic heterocycles. The molecule has 0 radical (unpaired) electrons. The zero-order chi connectivity index (χ0) is 12.3. The smallest absolute Gasteiger partial charge is 0.0828 e. The number of aliphatic hydroxyl groups excluding tert-OH is 1. The highest BCUT2D eigenvalue weighted by atomic mass is 16.4. The maximum Gasteiger partial charge on any atom is 0.0828 e. The number of nitrogens with zero attached hydrogens (tertiary/aromatic N) is 1.